The van der Waals surface area contributed by atoms with Crippen molar-refractivity contribution < 1.29 is 4.42 Å². The maximum absolute atomic E-state index is 11.1. The summed E-state index contributed by atoms with van der Waals surface area (Å²) in [5, 5.41) is 3.50. The number of nitrogens with one attached hydrogen (secondary N) is 2. The van der Waals surface area contributed by atoms with Crippen LogP contribution in [0, 0.1) is 0 Å². The Kier molecular flexibility index (Phi) is 2.36. The number of rotatable bonds is 2. The lowest BCUT2D eigenvalue weighted by Crippen LogP contribution is -2.31. The molecule has 0 atom stereocenters. The highest BCUT2D eigenvalue weighted by Crippen LogP contribution is 2.35. The average Bonchev–Trinajstić information content (AvgIpc) is 2.85. The summed E-state index contributed by atoms with van der Waals surface area (Å²) in [4.78, 5) is 13.8. The average molecular weight is 247 g/mol. The number of benzene rings is 1. The third-order valence-corrected chi connectivity index (χ3v) is 3.73. The van der Waals surface area contributed by atoms with Crippen LogP contribution in [0.4, 0.5) is 11.4 Å². The Hall–Kier alpha value is -1.91. The van der Waals surface area contributed by atoms with Crippen molar-refractivity contribution >= 4 is 22.5 Å². The van der Waals surface area contributed by atoms with E-state index in [1.165, 1.54) is 12.8 Å². The fourth-order valence-corrected chi connectivity index (χ4v) is 2.73. The lowest BCUT2D eigenvalue weighted by atomic mass is 10.00. The van der Waals surface area contributed by atoms with Crippen molar-refractivity contribution in [1.29, 1.82) is 0 Å². The largest absolute Gasteiger partial charge is 0.417 e. The molecule has 1 heterocycles. The lowest BCUT2D eigenvalue weighted by Gasteiger charge is -2.27. The Balaban J connectivity index is 2.00. The van der Waals surface area contributed by atoms with Crippen LogP contribution in [-0.2, 0) is 0 Å². The van der Waals surface area contributed by atoms with Gasteiger partial charge in [-0.2, -0.15) is 0 Å². The Labute approximate surface area is 104 Å². The first-order valence-corrected chi connectivity index (χ1v) is 6.26. The number of H-pyrrole nitrogens is 1. The number of nitrogens with two attached hydrogens (primary N) is 1. The molecule has 0 saturated heterocycles. The smallest absolute Gasteiger partial charge is 0.408 e. The molecular weight excluding hydrogens is 230 g/mol. The molecule has 1 aromatic heterocycles. The molecule has 0 amide bonds. The van der Waals surface area contributed by atoms with Gasteiger partial charge in [-0.1, -0.05) is 12.8 Å². The molecule has 5 heteroatoms. The Morgan fingerprint density at radius 3 is 2.83 bits per heavy atom. The molecule has 5 nitrogen and oxygen atoms in total. The predicted octanol–water partition coefficient (Wildman–Crippen LogP) is 2.45. The molecule has 4 N–H and O–H groups in total. The number of aromatic nitrogens is 1. The molecule has 18 heavy (non-hydrogen) atoms. The minimum atomic E-state index is -0.450. The number of anilines is 2. The molecule has 1 aliphatic carbocycles. The van der Waals surface area contributed by atoms with Crippen molar-refractivity contribution in [3.63, 3.8) is 0 Å². The molecular formula is C13H17N3O2. The standard InChI is InChI=1S/C13H17N3O2/c1-13(4-2-3-5-13)16-9-7-10-11(6-8(9)14)18-12(17)15-10/h6-7,16H,2-5,14H2,1H3,(H,15,17). The third-order valence-electron chi connectivity index (χ3n) is 3.73. The van der Waals surface area contributed by atoms with Crippen molar-refractivity contribution in [3.8, 4) is 0 Å². The molecule has 96 valence electrons. The van der Waals surface area contributed by atoms with Gasteiger partial charge >= 0.3 is 5.76 Å². The molecule has 1 saturated carbocycles. The van der Waals surface area contributed by atoms with E-state index in [1.807, 2.05) is 6.07 Å². The zero-order valence-electron chi connectivity index (χ0n) is 10.4. The highest BCUT2D eigenvalue weighted by atomic mass is 16.4. The van der Waals surface area contributed by atoms with E-state index in [1.54, 1.807) is 6.07 Å². The van der Waals surface area contributed by atoms with Crippen LogP contribution < -0.4 is 16.8 Å². The van der Waals surface area contributed by atoms with E-state index in [4.69, 9.17) is 10.2 Å². The lowest BCUT2D eigenvalue weighted by molar-refractivity contribution is 0.533. The first-order chi connectivity index (χ1) is 8.56. The molecule has 0 bridgehead atoms. The number of fused-ring (bicyclic) bond motifs is 1. The van der Waals surface area contributed by atoms with Crippen LogP contribution in [0.15, 0.2) is 21.3 Å². The van der Waals surface area contributed by atoms with Crippen LogP contribution >= 0.6 is 0 Å². The fraction of sp³-hybridized carbons (Fsp3) is 0.462. The van der Waals surface area contributed by atoms with Crippen molar-refractivity contribution in [1.82, 2.24) is 4.98 Å². The molecule has 1 aliphatic rings. The second-order valence-electron chi connectivity index (χ2n) is 5.34. The van der Waals surface area contributed by atoms with Crippen molar-refractivity contribution in [2.45, 2.75) is 38.1 Å². The molecule has 0 aliphatic heterocycles. The van der Waals surface area contributed by atoms with Gasteiger partial charge in [-0.05, 0) is 25.8 Å². The summed E-state index contributed by atoms with van der Waals surface area (Å²) < 4.78 is 4.98. The second kappa shape index (κ2) is 3.80. The minimum Gasteiger partial charge on any atom is -0.408 e. The fourth-order valence-electron chi connectivity index (χ4n) is 2.73. The van der Waals surface area contributed by atoms with E-state index in [9.17, 15) is 4.79 Å². The molecule has 1 aromatic carbocycles. The SMILES string of the molecule is CC1(Nc2cc3[nH]c(=O)oc3cc2N)CCCC1. The molecule has 0 unspecified atom stereocenters. The summed E-state index contributed by atoms with van der Waals surface area (Å²) >= 11 is 0. The predicted molar refractivity (Wildman–Crippen MR) is 71.7 cm³/mol. The van der Waals surface area contributed by atoms with E-state index < -0.39 is 5.76 Å². The van der Waals surface area contributed by atoms with Gasteiger partial charge < -0.3 is 15.5 Å². The van der Waals surface area contributed by atoms with Gasteiger partial charge in [-0.3, -0.25) is 4.98 Å². The number of nitrogen functional groups attached to an aromatic ring is 1. The van der Waals surface area contributed by atoms with Gasteiger partial charge in [0.05, 0.1) is 16.9 Å². The molecule has 0 spiro atoms. The summed E-state index contributed by atoms with van der Waals surface area (Å²) in [5.74, 6) is -0.450. The highest BCUT2D eigenvalue weighted by molar-refractivity contribution is 5.85. The first kappa shape index (κ1) is 11.2. The van der Waals surface area contributed by atoms with Crippen molar-refractivity contribution in [3.05, 3.63) is 22.7 Å². The zero-order chi connectivity index (χ0) is 12.8. The Bertz CT molecular complexity index is 635. The summed E-state index contributed by atoms with van der Waals surface area (Å²) in [5.41, 5.74) is 8.75. The van der Waals surface area contributed by atoms with Crippen LogP contribution in [0.1, 0.15) is 32.6 Å². The monoisotopic (exact) mass is 247 g/mol. The van der Waals surface area contributed by atoms with Gasteiger partial charge in [0.25, 0.3) is 0 Å². The quantitative estimate of drug-likeness (QED) is 0.712. The minimum absolute atomic E-state index is 0.103. The summed E-state index contributed by atoms with van der Waals surface area (Å²) in [6.07, 6.45) is 4.78. The van der Waals surface area contributed by atoms with Crippen molar-refractivity contribution in [2.75, 3.05) is 11.1 Å². The van der Waals surface area contributed by atoms with Gasteiger partial charge in [0.1, 0.15) is 0 Å². The normalized spacial score (nSPS) is 18.3. The van der Waals surface area contributed by atoms with E-state index in [0.717, 1.165) is 18.5 Å². The van der Waals surface area contributed by atoms with E-state index in [2.05, 4.69) is 17.2 Å². The van der Waals surface area contributed by atoms with Crippen LogP contribution in [0.3, 0.4) is 0 Å². The van der Waals surface area contributed by atoms with Crippen LogP contribution in [-0.4, -0.2) is 10.5 Å². The van der Waals surface area contributed by atoms with E-state index in [0.29, 0.717) is 16.8 Å². The number of oxazole rings is 1. The van der Waals surface area contributed by atoms with Gasteiger partial charge in [-0.25, -0.2) is 4.79 Å². The molecule has 1 fully saturated rings. The van der Waals surface area contributed by atoms with Crippen LogP contribution in [0.2, 0.25) is 0 Å². The first-order valence-electron chi connectivity index (χ1n) is 6.26. The maximum atomic E-state index is 11.1. The summed E-state index contributed by atoms with van der Waals surface area (Å²) in [6.45, 7) is 2.21. The Morgan fingerprint density at radius 1 is 1.39 bits per heavy atom. The third kappa shape index (κ3) is 1.85. The van der Waals surface area contributed by atoms with Crippen LogP contribution in [0.5, 0.6) is 0 Å². The van der Waals surface area contributed by atoms with Gasteiger partial charge in [0, 0.05) is 11.6 Å². The zero-order valence-corrected chi connectivity index (χ0v) is 10.4. The van der Waals surface area contributed by atoms with Crippen LogP contribution in [0.25, 0.3) is 11.1 Å². The van der Waals surface area contributed by atoms with Gasteiger partial charge in [0.15, 0.2) is 5.58 Å². The van der Waals surface area contributed by atoms with Gasteiger partial charge in [0.2, 0.25) is 0 Å². The molecule has 2 aromatic rings. The molecule has 3 rings (SSSR count). The summed E-state index contributed by atoms with van der Waals surface area (Å²) in [6, 6.07) is 3.53. The Morgan fingerprint density at radius 2 is 2.11 bits per heavy atom. The number of hydrogen-bond acceptors (Lipinski definition) is 4. The van der Waals surface area contributed by atoms with Crippen molar-refractivity contribution in [2.24, 2.45) is 0 Å². The van der Waals surface area contributed by atoms with E-state index in [-0.39, 0.29) is 5.54 Å². The van der Waals surface area contributed by atoms with E-state index >= 15 is 0 Å². The highest BCUT2D eigenvalue weighted by Gasteiger charge is 2.28. The molecule has 0 radical (unpaired) electrons. The number of hydrogen-bond donors (Lipinski definition) is 3. The summed E-state index contributed by atoms with van der Waals surface area (Å²) in [7, 11) is 0. The number of aromatic amines is 1. The van der Waals surface area contributed by atoms with Gasteiger partial charge in [-0.15, -0.1) is 0 Å². The second-order valence-corrected chi connectivity index (χ2v) is 5.34. The maximum Gasteiger partial charge on any atom is 0.417 e. The topological polar surface area (TPSA) is 84.0 Å².